The molecule has 0 aliphatic heterocycles. The molecule has 116 valence electrons. The predicted octanol–water partition coefficient (Wildman–Crippen LogP) is 2.29. The molecule has 0 fully saturated rings. The van der Waals surface area contributed by atoms with Gasteiger partial charge in [-0.3, -0.25) is 0 Å². The number of hydrogen-bond donors (Lipinski definition) is 0. The molecule has 0 amide bonds. The summed E-state index contributed by atoms with van der Waals surface area (Å²) in [6, 6.07) is 3.01. The van der Waals surface area contributed by atoms with Crippen LogP contribution in [0.2, 0.25) is 0 Å². The van der Waals surface area contributed by atoms with Crippen LogP contribution in [0.3, 0.4) is 0 Å². The van der Waals surface area contributed by atoms with Crippen LogP contribution in [0.25, 0.3) is 0 Å². The Labute approximate surface area is 126 Å². The van der Waals surface area contributed by atoms with E-state index in [-0.39, 0.29) is 17.1 Å². The fourth-order valence-corrected chi connectivity index (χ4v) is 2.93. The lowest BCUT2D eigenvalue weighted by atomic mass is 10.1. The molecule has 0 unspecified atom stereocenters. The van der Waals surface area contributed by atoms with Crippen molar-refractivity contribution >= 4 is 16.0 Å². The molecular weight excluding hydrogens is 290 g/mol. The van der Waals surface area contributed by atoms with Crippen molar-refractivity contribution in [3.63, 3.8) is 0 Å². The minimum atomic E-state index is -3.60. The van der Waals surface area contributed by atoms with Crippen LogP contribution >= 0.6 is 0 Å². The largest absolute Gasteiger partial charge is 0.458 e. The number of ether oxygens (including phenoxy) is 1. The average molecular weight is 311 g/mol. The molecule has 6 heteroatoms. The summed E-state index contributed by atoms with van der Waals surface area (Å²) in [6.07, 6.45) is 3.48. The molecule has 0 N–H and O–H groups in total. The summed E-state index contributed by atoms with van der Waals surface area (Å²) >= 11 is 0. The predicted molar refractivity (Wildman–Crippen MR) is 81.9 cm³/mol. The zero-order valence-corrected chi connectivity index (χ0v) is 13.8. The van der Waals surface area contributed by atoms with Crippen LogP contribution in [-0.2, 0) is 14.8 Å². The Morgan fingerprint density at radius 3 is 2.43 bits per heavy atom. The van der Waals surface area contributed by atoms with Crippen LogP contribution in [0.15, 0.2) is 29.2 Å². The fraction of sp³-hybridized carbons (Fsp3) is 0.400. The summed E-state index contributed by atoms with van der Waals surface area (Å²) in [5.41, 5.74) is 1.60. The minimum Gasteiger partial charge on any atom is -0.458 e. The number of carbonyl (C=O) groups excluding carboxylic acids is 1. The van der Waals surface area contributed by atoms with Gasteiger partial charge in [0.1, 0.15) is 6.61 Å². The van der Waals surface area contributed by atoms with Crippen LogP contribution in [-0.4, -0.2) is 39.4 Å². The first-order valence-corrected chi connectivity index (χ1v) is 7.98. The normalized spacial score (nSPS) is 12.1. The highest BCUT2D eigenvalue weighted by Gasteiger charge is 2.23. The van der Waals surface area contributed by atoms with Crippen molar-refractivity contribution in [1.82, 2.24) is 4.31 Å². The maximum absolute atomic E-state index is 12.3. The van der Waals surface area contributed by atoms with Gasteiger partial charge in [-0.25, -0.2) is 17.5 Å². The Kier molecular flexibility index (Phi) is 5.69. The van der Waals surface area contributed by atoms with E-state index in [9.17, 15) is 13.2 Å². The van der Waals surface area contributed by atoms with Crippen molar-refractivity contribution in [2.24, 2.45) is 0 Å². The number of esters is 1. The van der Waals surface area contributed by atoms with Crippen molar-refractivity contribution < 1.29 is 17.9 Å². The fourth-order valence-electron chi connectivity index (χ4n) is 1.71. The molecule has 5 nitrogen and oxygen atoms in total. The van der Waals surface area contributed by atoms with E-state index in [1.807, 2.05) is 6.92 Å². The molecule has 0 bridgehead atoms. The second kappa shape index (κ2) is 6.87. The number of aryl methyl sites for hydroxylation is 1. The Morgan fingerprint density at radius 1 is 1.29 bits per heavy atom. The molecule has 0 spiro atoms. The highest BCUT2D eigenvalue weighted by molar-refractivity contribution is 7.89. The highest BCUT2D eigenvalue weighted by Crippen LogP contribution is 2.23. The summed E-state index contributed by atoms with van der Waals surface area (Å²) in [6.45, 7) is 5.48. The number of rotatable bonds is 5. The Balaban J connectivity index is 3.28. The quantitative estimate of drug-likeness (QED) is 0.618. The average Bonchev–Trinajstić information content (AvgIpc) is 2.41. The molecule has 0 saturated carbocycles. The van der Waals surface area contributed by atoms with Gasteiger partial charge in [-0.05, 0) is 44.0 Å². The van der Waals surface area contributed by atoms with E-state index >= 15 is 0 Å². The van der Waals surface area contributed by atoms with E-state index in [0.717, 1.165) is 9.87 Å². The van der Waals surface area contributed by atoms with Gasteiger partial charge in [0.25, 0.3) is 0 Å². The SMILES string of the molecule is C/C=C/COC(=O)c1cc(C)c(C)c(S(=O)(=O)N(C)C)c1. The van der Waals surface area contributed by atoms with Gasteiger partial charge in [-0.1, -0.05) is 12.2 Å². The lowest BCUT2D eigenvalue weighted by molar-refractivity contribution is 0.0549. The number of sulfonamides is 1. The van der Waals surface area contributed by atoms with Gasteiger partial charge in [-0.15, -0.1) is 0 Å². The van der Waals surface area contributed by atoms with E-state index in [1.165, 1.54) is 20.2 Å². The van der Waals surface area contributed by atoms with Gasteiger partial charge in [-0.2, -0.15) is 0 Å². The second-order valence-electron chi connectivity index (χ2n) is 4.87. The van der Waals surface area contributed by atoms with Crippen molar-refractivity contribution in [2.45, 2.75) is 25.7 Å². The van der Waals surface area contributed by atoms with E-state index in [1.54, 1.807) is 32.1 Å². The standard InChI is InChI=1S/C15H21NO4S/c1-6-7-8-20-15(17)13-9-11(2)12(3)14(10-13)21(18,19)16(4)5/h6-7,9-10H,8H2,1-5H3/b7-6+. The Morgan fingerprint density at radius 2 is 1.90 bits per heavy atom. The summed E-state index contributed by atoms with van der Waals surface area (Å²) < 4.78 is 30.8. The summed E-state index contributed by atoms with van der Waals surface area (Å²) in [5.74, 6) is -0.536. The van der Waals surface area contributed by atoms with Crippen LogP contribution in [0, 0.1) is 13.8 Å². The van der Waals surface area contributed by atoms with Crippen LogP contribution in [0.1, 0.15) is 28.4 Å². The molecule has 0 aromatic heterocycles. The van der Waals surface area contributed by atoms with Gasteiger partial charge < -0.3 is 4.74 Å². The van der Waals surface area contributed by atoms with Gasteiger partial charge in [0, 0.05) is 14.1 Å². The monoisotopic (exact) mass is 311 g/mol. The topological polar surface area (TPSA) is 63.7 Å². The van der Waals surface area contributed by atoms with E-state index in [4.69, 9.17) is 4.74 Å². The molecule has 21 heavy (non-hydrogen) atoms. The van der Waals surface area contributed by atoms with Crippen molar-refractivity contribution in [1.29, 1.82) is 0 Å². The third-order valence-corrected chi connectivity index (χ3v) is 5.10. The lowest BCUT2D eigenvalue weighted by Gasteiger charge is -2.16. The van der Waals surface area contributed by atoms with Gasteiger partial charge >= 0.3 is 5.97 Å². The van der Waals surface area contributed by atoms with Crippen LogP contribution in [0.5, 0.6) is 0 Å². The summed E-state index contributed by atoms with van der Waals surface area (Å²) in [7, 11) is -0.681. The molecular formula is C15H21NO4S. The molecule has 0 aliphatic rings. The summed E-state index contributed by atoms with van der Waals surface area (Å²) in [4.78, 5) is 12.1. The molecule has 0 heterocycles. The number of benzene rings is 1. The second-order valence-corrected chi connectivity index (χ2v) is 6.99. The van der Waals surface area contributed by atoms with Gasteiger partial charge in [0.15, 0.2) is 0 Å². The van der Waals surface area contributed by atoms with E-state index in [0.29, 0.717) is 5.56 Å². The van der Waals surface area contributed by atoms with E-state index in [2.05, 4.69) is 0 Å². The third-order valence-electron chi connectivity index (χ3n) is 3.16. The Hall–Kier alpha value is -1.66. The zero-order chi connectivity index (χ0) is 16.2. The van der Waals surface area contributed by atoms with Crippen molar-refractivity contribution in [2.75, 3.05) is 20.7 Å². The van der Waals surface area contributed by atoms with Crippen molar-refractivity contribution in [3.05, 3.63) is 41.0 Å². The van der Waals surface area contributed by atoms with Crippen molar-refractivity contribution in [3.8, 4) is 0 Å². The first-order valence-electron chi connectivity index (χ1n) is 6.54. The molecule has 1 aromatic rings. The zero-order valence-electron chi connectivity index (χ0n) is 13.0. The molecule has 1 rings (SSSR count). The molecule has 0 atom stereocenters. The number of nitrogens with zero attached hydrogens (tertiary/aromatic N) is 1. The first-order chi connectivity index (χ1) is 9.71. The molecule has 0 saturated heterocycles. The van der Waals surface area contributed by atoms with E-state index < -0.39 is 16.0 Å². The molecule has 0 radical (unpaired) electrons. The highest BCUT2D eigenvalue weighted by atomic mass is 32.2. The Bertz CT molecular complexity index is 660. The minimum absolute atomic E-state index is 0.130. The number of carbonyl (C=O) groups is 1. The smallest absolute Gasteiger partial charge is 0.338 e. The number of allylic oxidation sites excluding steroid dienone is 1. The lowest BCUT2D eigenvalue weighted by Crippen LogP contribution is -2.24. The first kappa shape index (κ1) is 17.4. The summed E-state index contributed by atoms with van der Waals surface area (Å²) in [5, 5.41) is 0. The number of hydrogen-bond acceptors (Lipinski definition) is 4. The van der Waals surface area contributed by atoms with Gasteiger partial charge in [0.2, 0.25) is 10.0 Å². The maximum atomic E-state index is 12.3. The molecule has 1 aromatic carbocycles. The third kappa shape index (κ3) is 3.92. The van der Waals surface area contributed by atoms with Crippen LogP contribution < -0.4 is 0 Å². The van der Waals surface area contributed by atoms with Gasteiger partial charge in [0.05, 0.1) is 10.5 Å². The molecule has 0 aliphatic carbocycles. The maximum Gasteiger partial charge on any atom is 0.338 e. The van der Waals surface area contributed by atoms with Crippen LogP contribution in [0.4, 0.5) is 0 Å².